The molecular weight excluding hydrogens is 212 g/mol. The van der Waals surface area contributed by atoms with Crippen molar-refractivity contribution in [2.75, 3.05) is 26.7 Å². The molecule has 1 N–H and O–H groups in total. The summed E-state index contributed by atoms with van der Waals surface area (Å²) >= 11 is 0. The molecule has 2 aliphatic carbocycles. The van der Waals surface area contributed by atoms with Crippen molar-refractivity contribution in [2.24, 2.45) is 5.92 Å². The molecule has 0 atom stereocenters. The van der Waals surface area contributed by atoms with Gasteiger partial charge in [-0.3, -0.25) is 0 Å². The van der Waals surface area contributed by atoms with Gasteiger partial charge in [-0.05, 0) is 64.1 Å². The number of rotatable bonds is 5. The van der Waals surface area contributed by atoms with Gasteiger partial charge in [0.05, 0.1) is 6.10 Å². The Labute approximate surface area is 105 Å². The van der Waals surface area contributed by atoms with Gasteiger partial charge < -0.3 is 15.0 Å². The highest BCUT2D eigenvalue weighted by Gasteiger charge is 2.35. The first-order valence-corrected chi connectivity index (χ1v) is 7.35. The van der Waals surface area contributed by atoms with Crippen molar-refractivity contribution >= 4 is 0 Å². The maximum absolute atomic E-state index is 5.36. The molecule has 3 aliphatic rings. The van der Waals surface area contributed by atoms with Crippen LogP contribution in [0.2, 0.25) is 0 Å². The number of ether oxygens (including phenoxy) is 1. The van der Waals surface area contributed by atoms with E-state index in [1.807, 2.05) is 7.11 Å². The maximum atomic E-state index is 5.36. The third-order valence-corrected chi connectivity index (χ3v) is 4.84. The lowest BCUT2D eigenvalue weighted by atomic mass is 9.86. The van der Waals surface area contributed by atoms with Crippen LogP contribution in [-0.4, -0.2) is 49.8 Å². The third kappa shape index (κ3) is 3.01. The topological polar surface area (TPSA) is 24.5 Å². The van der Waals surface area contributed by atoms with E-state index < -0.39 is 0 Å². The molecule has 2 saturated carbocycles. The summed E-state index contributed by atoms with van der Waals surface area (Å²) in [5.41, 5.74) is 0. The molecule has 0 aromatic carbocycles. The predicted molar refractivity (Wildman–Crippen MR) is 69.1 cm³/mol. The highest BCUT2D eigenvalue weighted by molar-refractivity contribution is 4.91. The molecule has 98 valence electrons. The SMILES string of the molecule is COC1CC(N2CCC(NCC3CC3)CC2)C1. The first-order valence-electron chi connectivity index (χ1n) is 7.35. The van der Waals surface area contributed by atoms with E-state index in [1.165, 1.54) is 58.2 Å². The van der Waals surface area contributed by atoms with Crippen LogP contribution >= 0.6 is 0 Å². The number of piperidine rings is 1. The van der Waals surface area contributed by atoms with E-state index in [1.54, 1.807) is 0 Å². The van der Waals surface area contributed by atoms with Crippen molar-refractivity contribution in [3.8, 4) is 0 Å². The van der Waals surface area contributed by atoms with Crippen LogP contribution in [0.4, 0.5) is 0 Å². The van der Waals surface area contributed by atoms with Crippen molar-refractivity contribution in [3.63, 3.8) is 0 Å². The van der Waals surface area contributed by atoms with Crippen molar-refractivity contribution in [1.29, 1.82) is 0 Å². The Hall–Kier alpha value is -0.120. The Balaban J connectivity index is 1.33. The van der Waals surface area contributed by atoms with Gasteiger partial charge in [0.1, 0.15) is 0 Å². The van der Waals surface area contributed by atoms with Crippen LogP contribution < -0.4 is 5.32 Å². The van der Waals surface area contributed by atoms with Crippen LogP contribution in [0.15, 0.2) is 0 Å². The number of nitrogens with zero attached hydrogens (tertiary/aromatic N) is 1. The normalized spacial score (nSPS) is 35.8. The summed E-state index contributed by atoms with van der Waals surface area (Å²) in [7, 11) is 1.84. The number of nitrogens with one attached hydrogen (secondary N) is 1. The zero-order chi connectivity index (χ0) is 11.7. The fourth-order valence-electron chi connectivity index (χ4n) is 3.15. The molecule has 0 aromatic rings. The molecule has 0 spiro atoms. The summed E-state index contributed by atoms with van der Waals surface area (Å²) in [6, 6.07) is 1.62. The molecule has 0 aromatic heterocycles. The summed E-state index contributed by atoms with van der Waals surface area (Å²) in [5.74, 6) is 1.02. The van der Waals surface area contributed by atoms with Gasteiger partial charge in [-0.2, -0.15) is 0 Å². The van der Waals surface area contributed by atoms with Gasteiger partial charge in [0.2, 0.25) is 0 Å². The number of hydrogen-bond acceptors (Lipinski definition) is 3. The molecule has 0 unspecified atom stereocenters. The first kappa shape index (κ1) is 11.9. The minimum Gasteiger partial charge on any atom is -0.381 e. The Morgan fingerprint density at radius 1 is 1.12 bits per heavy atom. The van der Waals surface area contributed by atoms with Gasteiger partial charge in [-0.25, -0.2) is 0 Å². The van der Waals surface area contributed by atoms with Gasteiger partial charge in [0, 0.05) is 19.2 Å². The predicted octanol–water partition coefficient (Wildman–Crippen LogP) is 1.63. The highest BCUT2D eigenvalue weighted by Crippen LogP contribution is 2.31. The number of methoxy groups -OCH3 is 1. The molecule has 1 saturated heterocycles. The quantitative estimate of drug-likeness (QED) is 0.788. The van der Waals surface area contributed by atoms with E-state index in [0.717, 1.165) is 18.0 Å². The fourth-order valence-corrected chi connectivity index (χ4v) is 3.15. The largest absolute Gasteiger partial charge is 0.381 e. The van der Waals surface area contributed by atoms with E-state index in [2.05, 4.69) is 10.2 Å². The zero-order valence-corrected chi connectivity index (χ0v) is 11.0. The van der Waals surface area contributed by atoms with E-state index in [-0.39, 0.29) is 0 Å². The van der Waals surface area contributed by atoms with Gasteiger partial charge in [0.25, 0.3) is 0 Å². The fraction of sp³-hybridized carbons (Fsp3) is 1.00. The Morgan fingerprint density at radius 2 is 1.82 bits per heavy atom. The molecule has 1 heterocycles. The summed E-state index contributed by atoms with van der Waals surface area (Å²) < 4.78 is 5.36. The molecule has 1 aliphatic heterocycles. The molecule has 0 bridgehead atoms. The summed E-state index contributed by atoms with van der Waals surface area (Å²) in [4.78, 5) is 2.69. The number of likely N-dealkylation sites (tertiary alicyclic amines) is 1. The summed E-state index contributed by atoms with van der Waals surface area (Å²) in [6.07, 6.45) is 8.69. The van der Waals surface area contributed by atoms with Crippen LogP contribution in [0.3, 0.4) is 0 Å². The van der Waals surface area contributed by atoms with E-state index in [0.29, 0.717) is 6.10 Å². The second kappa shape index (κ2) is 5.25. The number of hydrogen-bond donors (Lipinski definition) is 1. The third-order valence-electron chi connectivity index (χ3n) is 4.84. The summed E-state index contributed by atoms with van der Waals surface area (Å²) in [6.45, 7) is 3.87. The highest BCUT2D eigenvalue weighted by atomic mass is 16.5. The minimum absolute atomic E-state index is 0.547. The van der Waals surface area contributed by atoms with Gasteiger partial charge >= 0.3 is 0 Å². The Bertz CT molecular complexity index is 241. The van der Waals surface area contributed by atoms with E-state index in [4.69, 9.17) is 4.74 Å². The second-order valence-electron chi connectivity index (χ2n) is 6.14. The Kier molecular flexibility index (Phi) is 3.69. The zero-order valence-electron chi connectivity index (χ0n) is 11.0. The van der Waals surface area contributed by atoms with Crippen LogP contribution in [0, 0.1) is 5.92 Å². The minimum atomic E-state index is 0.547. The molecule has 3 rings (SSSR count). The van der Waals surface area contributed by atoms with Crippen LogP contribution in [0.25, 0.3) is 0 Å². The average molecular weight is 238 g/mol. The maximum Gasteiger partial charge on any atom is 0.0601 e. The lowest BCUT2D eigenvalue weighted by Crippen LogP contribution is -2.53. The molecule has 3 nitrogen and oxygen atoms in total. The van der Waals surface area contributed by atoms with Gasteiger partial charge in [-0.15, -0.1) is 0 Å². The van der Waals surface area contributed by atoms with Crippen molar-refractivity contribution in [1.82, 2.24) is 10.2 Å². The van der Waals surface area contributed by atoms with Crippen molar-refractivity contribution in [2.45, 2.75) is 56.7 Å². The monoisotopic (exact) mass is 238 g/mol. The van der Waals surface area contributed by atoms with Crippen LogP contribution in [0.1, 0.15) is 38.5 Å². The van der Waals surface area contributed by atoms with E-state index >= 15 is 0 Å². The van der Waals surface area contributed by atoms with Crippen molar-refractivity contribution < 1.29 is 4.74 Å². The summed E-state index contributed by atoms with van der Waals surface area (Å²) in [5, 5.41) is 3.75. The molecule has 17 heavy (non-hydrogen) atoms. The first-order chi connectivity index (χ1) is 8.35. The smallest absolute Gasteiger partial charge is 0.0601 e. The second-order valence-corrected chi connectivity index (χ2v) is 6.14. The lowest BCUT2D eigenvalue weighted by Gasteiger charge is -2.45. The molecular formula is C14H26N2O. The van der Waals surface area contributed by atoms with Crippen molar-refractivity contribution in [3.05, 3.63) is 0 Å². The molecule has 0 amide bonds. The molecule has 3 fully saturated rings. The Morgan fingerprint density at radius 3 is 2.41 bits per heavy atom. The van der Waals surface area contributed by atoms with E-state index in [9.17, 15) is 0 Å². The van der Waals surface area contributed by atoms with Crippen LogP contribution in [-0.2, 0) is 4.74 Å². The van der Waals surface area contributed by atoms with Crippen LogP contribution in [0.5, 0.6) is 0 Å². The lowest BCUT2D eigenvalue weighted by molar-refractivity contribution is -0.0343. The standard InChI is InChI=1S/C14H26N2O/c1-17-14-8-13(9-14)16-6-4-12(5-7-16)15-10-11-2-3-11/h11-15H,2-10H2,1H3. The van der Waals surface area contributed by atoms with Gasteiger partial charge in [-0.1, -0.05) is 0 Å². The average Bonchev–Trinajstić information content (AvgIpc) is 3.10. The van der Waals surface area contributed by atoms with Gasteiger partial charge in [0.15, 0.2) is 0 Å². The molecule has 0 radical (unpaired) electrons. The molecule has 3 heteroatoms.